The number of hydrogen-bond acceptors (Lipinski definition) is 13. The number of allylic oxidation sites excluding steroid dienone is 6. The number of nitrogens with two attached hydrogens (primary N) is 1. The first-order valence-corrected chi connectivity index (χ1v) is 22.7. The van der Waals surface area contributed by atoms with Gasteiger partial charge in [0.1, 0.15) is 24.4 Å². The summed E-state index contributed by atoms with van der Waals surface area (Å²) in [6, 6.07) is -2.34. The maximum Gasteiger partial charge on any atom is 0.329 e. The molecule has 62 heavy (non-hydrogen) atoms. The van der Waals surface area contributed by atoms with Crippen molar-refractivity contribution in [3.63, 3.8) is 0 Å². The zero-order chi connectivity index (χ0) is 46.1. The van der Waals surface area contributed by atoms with Crippen LogP contribution in [0, 0.1) is 23.7 Å². The van der Waals surface area contributed by atoms with Gasteiger partial charge in [-0.25, -0.2) is 4.79 Å². The Labute approximate surface area is 369 Å². The minimum Gasteiger partial charge on any atom is -0.460 e. The minimum atomic E-state index is -2.28. The Morgan fingerprint density at radius 2 is 1.73 bits per heavy atom. The van der Waals surface area contributed by atoms with Crippen LogP contribution in [0.25, 0.3) is 0 Å². The molecule has 1 aliphatic carbocycles. The van der Waals surface area contributed by atoms with E-state index in [0.717, 1.165) is 11.3 Å². The lowest BCUT2D eigenvalue weighted by atomic mass is 9.82. The molecule has 3 aliphatic rings. The van der Waals surface area contributed by atoms with Gasteiger partial charge in [-0.2, -0.15) is 0 Å². The van der Waals surface area contributed by atoms with Crippen molar-refractivity contribution in [2.24, 2.45) is 29.4 Å². The van der Waals surface area contributed by atoms with Crippen LogP contribution >= 0.6 is 0 Å². The number of esters is 1. The first-order valence-electron chi connectivity index (χ1n) is 22.7. The number of likely N-dealkylation sites (tertiary alicyclic amines) is 1. The topological polar surface area (TPSA) is 212 Å². The highest BCUT2D eigenvalue weighted by atomic mass is 16.6. The van der Waals surface area contributed by atoms with Crippen LogP contribution in [0.2, 0.25) is 0 Å². The number of ether oxygens (including phenoxy) is 4. The molecule has 0 aromatic rings. The molecule has 14 heteroatoms. The van der Waals surface area contributed by atoms with Gasteiger partial charge in [-0.15, -0.1) is 0 Å². The Hall–Kier alpha value is -3.37. The zero-order valence-electron chi connectivity index (χ0n) is 38.5. The van der Waals surface area contributed by atoms with Gasteiger partial charge in [0.2, 0.25) is 5.79 Å². The van der Waals surface area contributed by atoms with Crippen molar-refractivity contribution in [2.75, 3.05) is 27.4 Å². The molecule has 2 heterocycles. The van der Waals surface area contributed by atoms with E-state index in [1.807, 2.05) is 31.2 Å². The SMILES string of the molecule is CC/C(C)=C/C=C/C=C/[C@@H](C)C[C@@H](C)C(=O)[C@H](OC)[C@H](O)/C(C)=C/[C@@H](N)C(=O)C[C@@H](CC[C@@H]1CC[C@@H](O)[C@H](OC)C1)OC(=O)[C@@H]1CCCCN1C(=O)C(=O)[C@]1(O)OCCC[C@H]1C. The number of carbonyl (C=O) groups excluding carboxylic acids is 5. The average molecular weight is 873 g/mol. The molecule has 0 radical (unpaired) electrons. The quantitative estimate of drug-likeness (QED) is 0.0448. The van der Waals surface area contributed by atoms with Crippen molar-refractivity contribution in [3.05, 3.63) is 47.6 Å². The number of nitrogens with zero attached hydrogens (tertiary/aromatic N) is 1. The summed E-state index contributed by atoms with van der Waals surface area (Å²) in [6.45, 7) is 11.4. The highest BCUT2D eigenvalue weighted by Crippen LogP contribution is 2.33. The van der Waals surface area contributed by atoms with Gasteiger partial charge >= 0.3 is 5.97 Å². The van der Waals surface area contributed by atoms with E-state index in [1.54, 1.807) is 27.9 Å². The summed E-state index contributed by atoms with van der Waals surface area (Å²) in [5.74, 6) is -6.81. The number of methoxy groups -OCH3 is 2. The van der Waals surface area contributed by atoms with Crippen molar-refractivity contribution in [3.8, 4) is 0 Å². The van der Waals surface area contributed by atoms with Crippen molar-refractivity contribution >= 4 is 29.2 Å². The lowest BCUT2D eigenvalue weighted by Gasteiger charge is -2.39. The van der Waals surface area contributed by atoms with E-state index in [9.17, 15) is 39.3 Å². The van der Waals surface area contributed by atoms with E-state index in [0.29, 0.717) is 57.8 Å². The van der Waals surface area contributed by atoms with Gasteiger partial charge < -0.3 is 44.9 Å². The van der Waals surface area contributed by atoms with Crippen LogP contribution in [0.3, 0.4) is 0 Å². The minimum absolute atomic E-state index is 0.0807. The third-order valence-corrected chi connectivity index (χ3v) is 13.0. The summed E-state index contributed by atoms with van der Waals surface area (Å²) in [5.41, 5.74) is 7.95. The highest BCUT2D eigenvalue weighted by molar-refractivity contribution is 6.39. The van der Waals surface area contributed by atoms with Crippen LogP contribution in [0.4, 0.5) is 0 Å². The standard InChI is InChI=1S/C48H76N2O12/c1-9-30(2)16-11-10-12-17-31(3)26-32(4)42(53)44(60-8)43(54)33(5)27-37(49)40(52)29-36(22-20-35-21-23-39(51)41(28-35)59-7)62-47(57)38-19-13-14-24-50(38)46(56)45(55)48(58)34(6)18-15-25-61-48/h10-12,16-17,27,31-32,34-39,41,43-44,51,54,58H,9,13-15,18-26,28-29,49H2,1-8H3/b11-10+,17-12+,30-16+,33-27+/t31-,32-,34-,35-,36-,37-,38+,39-,41-,43-,44+,48-/m1/s1. The third kappa shape index (κ3) is 15.1. The number of hydrogen-bond donors (Lipinski definition) is 4. The number of Topliss-reactive ketones (excluding diaryl/α,β-unsaturated/α-hetero) is 3. The monoisotopic (exact) mass is 873 g/mol. The van der Waals surface area contributed by atoms with Gasteiger partial charge in [0.25, 0.3) is 11.7 Å². The van der Waals surface area contributed by atoms with E-state index in [4.69, 9.17) is 24.7 Å². The Bertz CT molecular complexity index is 1620. The van der Waals surface area contributed by atoms with Crippen LogP contribution < -0.4 is 5.73 Å². The maximum atomic E-state index is 14.0. The van der Waals surface area contributed by atoms with Crippen molar-refractivity contribution < 1.29 is 58.2 Å². The number of rotatable bonds is 23. The summed E-state index contributed by atoms with van der Waals surface area (Å²) in [4.78, 5) is 69.5. The molecule has 1 amide bonds. The fraction of sp³-hybridized carbons (Fsp3) is 0.729. The lowest BCUT2D eigenvalue weighted by Crippen LogP contribution is -2.59. The van der Waals surface area contributed by atoms with Crippen LogP contribution in [-0.2, 0) is 42.9 Å². The molecule has 12 atom stereocenters. The van der Waals surface area contributed by atoms with E-state index in [2.05, 4.69) is 19.9 Å². The molecule has 0 spiro atoms. The molecule has 0 unspecified atom stereocenters. The summed E-state index contributed by atoms with van der Waals surface area (Å²) in [5, 5.41) is 32.8. The van der Waals surface area contributed by atoms with Gasteiger partial charge in [0.05, 0.1) is 24.9 Å². The predicted molar refractivity (Wildman–Crippen MR) is 235 cm³/mol. The van der Waals surface area contributed by atoms with Crippen LogP contribution in [-0.4, -0.2) is 125 Å². The smallest absolute Gasteiger partial charge is 0.329 e. The Kier molecular flexibility index (Phi) is 22.0. The molecule has 5 N–H and O–H groups in total. The number of aliphatic hydroxyl groups excluding tert-OH is 2. The first-order chi connectivity index (χ1) is 29.4. The van der Waals surface area contributed by atoms with Gasteiger partial charge in [0.15, 0.2) is 11.6 Å². The number of piperidine rings is 1. The Morgan fingerprint density at radius 3 is 2.39 bits per heavy atom. The molecule has 14 nitrogen and oxygen atoms in total. The molecule has 3 fully saturated rings. The van der Waals surface area contributed by atoms with Crippen LogP contribution in [0.15, 0.2) is 47.6 Å². The maximum absolute atomic E-state index is 14.0. The van der Waals surface area contributed by atoms with Crippen LogP contribution in [0.5, 0.6) is 0 Å². The van der Waals surface area contributed by atoms with E-state index in [1.165, 1.54) is 18.8 Å². The third-order valence-electron chi connectivity index (χ3n) is 13.0. The fourth-order valence-electron chi connectivity index (χ4n) is 8.69. The number of amides is 1. The Balaban J connectivity index is 1.74. The average Bonchev–Trinajstić information content (AvgIpc) is 3.26. The normalized spacial score (nSPS) is 28.3. The largest absolute Gasteiger partial charge is 0.460 e. The highest BCUT2D eigenvalue weighted by Gasteiger charge is 2.51. The molecule has 1 saturated carbocycles. The van der Waals surface area contributed by atoms with Crippen molar-refractivity contribution in [2.45, 2.75) is 173 Å². The molecule has 2 saturated heterocycles. The second-order valence-electron chi connectivity index (χ2n) is 17.9. The predicted octanol–water partition coefficient (Wildman–Crippen LogP) is 5.25. The molecule has 350 valence electrons. The van der Waals surface area contributed by atoms with Crippen molar-refractivity contribution in [1.82, 2.24) is 4.90 Å². The van der Waals surface area contributed by atoms with Gasteiger partial charge in [-0.1, -0.05) is 69.7 Å². The van der Waals surface area contributed by atoms with E-state index < -0.39 is 77.6 Å². The molecular formula is C48H76N2O12. The summed E-state index contributed by atoms with van der Waals surface area (Å²) >= 11 is 0. The molecule has 3 rings (SSSR count). The number of aliphatic hydroxyl groups is 3. The lowest BCUT2D eigenvalue weighted by molar-refractivity contribution is -0.240. The second-order valence-corrected chi connectivity index (χ2v) is 17.9. The molecular weight excluding hydrogens is 797 g/mol. The van der Waals surface area contributed by atoms with Crippen molar-refractivity contribution in [1.29, 1.82) is 0 Å². The molecule has 0 aromatic carbocycles. The van der Waals surface area contributed by atoms with E-state index in [-0.39, 0.29) is 61.7 Å². The number of carbonyl (C=O) groups is 5. The van der Waals surface area contributed by atoms with Gasteiger partial charge in [-0.05, 0) is 108 Å². The second kappa shape index (κ2) is 25.8. The van der Waals surface area contributed by atoms with Crippen LogP contribution in [0.1, 0.15) is 125 Å². The van der Waals surface area contributed by atoms with E-state index >= 15 is 0 Å². The fourth-order valence-corrected chi connectivity index (χ4v) is 8.69. The summed E-state index contributed by atoms with van der Waals surface area (Å²) in [6.07, 6.45) is 13.3. The van der Waals surface area contributed by atoms with Gasteiger partial charge in [-0.3, -0.25) is 19.2 Å². The Morgan fingerprint density at radius 1 is 1.00 bits per heavy atom. The molecule has 2 aliphatic heterocycles. The zero-order valence-corrected chi connectivity index (χ0v) is 38.5. The molecule has 0 aromatic heterocycles. The van der Waals surface area contributed by atoms with Gasteiger partial charge in [0, 0.05) is 39.0 Å². The summed E-state index contributed by atoms with van der Waals surface area (Å²) in [7, 11) is 2.90. The molecule has 0 bridgehead atoms. The summed E-state index contributed by atoms with van der Waals surface area (Å²) < 4.78 is 22.4. The first kappa shape index (κ1) is 53.0. The number of ketones is 3.